The predicted molar refractivity (Wildman–Crippen MR) is 92.9 cm³/mol. The van der Waals surface area contributed by atoms with E-state index >= 15 is 0 Å². The fourth-order valence-electron chi connectivity index (χ4n) is 1.39. The van der Waals surface area contributed by atoms with Crippen LogP contribution in [0.25, 0.3) is 0 Å². The van der Waals surface area contributed by atoms with Crippen LogP contribution >= 0.6 is 0 Å². The van der Waals surface area contributed by atoms with E-state index in [2.05, 4.69) is 97.6 Å². The van der Waals surface area contributed by atoms with Gasteiger partial charge in [-0.1, -0.05) is 97.6 Å². The van der Waals surface area contributed by atoms with Crippen molar-refractivity contribution in [2.75, 3.05) is 0 Å². The summed E-state index contributed by atoms with van der Waals surface area (Å²) in [6.45, 7) is 20.3. The molecule has 110 valence electrons. The molecule has 0 aliphatic carbocycles. The zero-order valence-corrected chi connectivity index (χ0v) is 15.7. The molecule has 0 heterocycles. The van der Waals surface area contributed by atoms with Crippen molar-refractivity contribution in [1.29, 1.82) is 0 Å². The molecule has 0 amide bonds. The van der Waals surface area contributed by atoms with Gasteiger partial charge in [-0.25, -0.2) is 0 Å². The molecule has 0 unspecified atom stereocenters. The van der Waals surface area contributed by atoms with Crippen molar-refractivity contribution in [2.24, 2.45) is 16.2 Å². The van der Waals surface area contributed by atoms with Gasteiger partial charge in [-0.15, -0.1) is 0 Å². The maximum atomic E-state index is 2.45. The van der Waals surface area contributed by atoms with Crippen molar-refractivity contribution in [3.05, 3.63) is 35.3 Å². The maximum absolute atomic E-state index is 2.45. The van der Waals surface area contributed by atoms with Crippen molar-refractivity contribution in [3.8, 4) is 0 Å². The van der Waals surface area contributed by atoms with Crippen LogP contribution in [-0.2, 0) is 0 Å². The molecule has 1 heteroatoms. The van der Waals surface area contributed by atoms with E-state index < -0.39 is 8.80 Å². The second kappa shape index (κ2) is 6.74. The zero-order valence-electron chi connectivity index (χ0n) is 14.5. The van der Waals surface area contributed by atoms with Crippen LogP contribution in [-0.4, -0.2) is 8.80 Å². The molecule has 0 aromatic heterocycles. The van der Waals surface area contributed by atoms with E-state index in [1.54, 1.807) is 0 Å². The molecule has 0 bridgehead atoms. The van der Waals surface area contributed by atoms with E-state index in [0.717, 1.165) is 0 Å². The molecule has 0 rings (SSSR count). The van der Waals surface area contributed by atoms with Gasteiger partial charge >= 0.3 is 0 Å². The van der Waals surface area contributed by atoms with E-state index in [-0.39, 0.29) is 16.2 Å². The van der Waals surface area contributed by atoms with Crippen LogP contribution in [0.15, 0.2) is 35.3 Å². The molecule has 0 atom stereocenters. The molecule has 19 heavy (non-hydrogen) atoms. The van der Waals surface area contributed by atoms with Gasteiger partial charge in [0.15, 0.2) is 0 Å². The van der Waals surface area contributed by atoms with Gasteiger partial charge in [-0.3, -0.25) is 0 Å². The molecule has 0 fully saturated rings. The largest absolute Gasteiger partial charge is 0.108 e. The summed E-state index contributed by atoms with van der Waals surface area (Å²) in [5.74, 6) is 0. The van der Waals surface area contributed by atoms with Crippen LogP contribution in [0.4, 0.5) is 0 Å². The first-order chi connectivity index (χ1) is 8.29. The van der Waals surface area contributed by atoms with Crippen LogP contribution in [0.1, 0.15) is 62.3 Å². The Hall–Kier alpha value is -0.563. The predicted octanol–water partition coefficient (Wildman–Crippen LogP) is 5.64. The highest BCUT2D eigenvalue weighted by atomic mass is 28.3. The molecule has 0 saturated heterocycles. The third-order valence-electron chi connectivity index (χ3n) is 2.46. The number of allylic oxidation sites excluding steroid dienone is 3. The van der Waals surface area contributed by atoms with Crippen molar-refractivity contribution in [1.82, 2.24) is 0 Å². The van der Waals surface area contributed by atoms with Crippen LogP contribution in [0.3, 0.4) is 0 Å². The number of rotatable bonds is 3. The van der Waals surface area contributed by atoms with E-state index in [4.69, 9.17) is 0 Å². The number of hydrogen-bond donors (Lipinski definition) is 0. The summed E-state index contributed by atoms with van der Waals surface area (Å²) in [4.78, 5) is 0. The third-order valence-corrected chi connectivity index (χ3v) is 4.37. The van der Waals surface area contributed by atoms with E-state index in [9.17, 15) is 0 Å². The molecule has 0 saturated carbocycles. The monoisotopic (exact) mass is 278 g/mol. The summed E-state index contributed by atoms with van der Waals surface area (Å²) in [7, 11) is -1.07. The van der Waals surface area contributed by atoms with Gasteiger partial charge < -0.3 is 0 Å². The molecule has 0 aromatic rings. The summed E-state index contributed by atoms with van der Waals surface area (Å²) in [6.07, 6.45) is 7.09. The molecular formula is C18H34Si. The van der Waals surface area contributed by atoms with Gasteiger partial charge in [0.25, 0.3) is 0 Å². The smallest absolute Gasteiger partial charge is 0.0933 e. The van der Waals surface area contributed by atoms with Gasteiger partial charge in [0.2, 0.25) is 0 Å². The van der Waals surface area contributed by atoms with E-state index in [0.29, 0.717) is 0 Å². The Morgan fingerprint density at radius 3 is 0.842 bits per heavy atom. The van der Waals surface area contributed by atoms with Gasteiger partial charge in [-0.2, -0.15) is 0 Å². The quantitative estimate of drug-likeness (QED) is 0.586. The summed E-state index contributed by atoms with van der Waals surface area (Å²) >= 11 is 0. The Labute approximate surface area is 123 Å². The molecule has 0 aliphatic rings. The van der Waals surface area contributed by atoms with Crippen molar-refractivity contribution < 1.29 is 0 Å². The average molecular weight is 279 g/mol. The van der Waals surface area contributed by atoms with E-state index in [1.165, 1.54) is 0 Å². The van der Waals surface area contributed by atoms with Gasteiger partial charge in [-0.05, 0) is 16.2 Å². The average Bonchev–Trinajstić information content (AvgIpc) is 2.11. The lowest BCUT2D eigenvalue weighted by atomic mass is 9.98. The zero-order chi connectivity index (χ0) is 15.3. The molecule has 0 aliphatic heterocycles. The Morgan fingerprint density at radius 2 is 0.684 bits per heavy atom. The molecule has 0 radical (unpaired) electrons. The first-order valence-corrected chi connectivity index (χ1v) is 9.37. The lowest BCUT2D eigenvalue weighted by molar-refractivity contribution is 0.544. The third kappa shape index (κ3) is 13.7. The Morgan fingerprint density at radius 1 is 0.474 bits per heavy atom. The van der Waals surface area contributed by atoms with Crippen molar-refractivity contribution in [2.45, 2.75) is 62.3 Å². The van der Waals surface area contributed by atoms with Crippen LogP contribution in [0.2, 0.25) is 0 Å². The summed E-state index contributed by atoms with van der Waals surface area (Å²) in [5.41, 5.74) is 8.17. The molecule has 0 nitrogen and oxygen atoms in total. The lowest BCUT2D eigenvalue weighted by Gasteiger charge is -2.16. The van der Waals surface area contributed by atoms with Crippen molar-refractivity contribution in [3.63, 3.8) is 0 Å². The summed E-state index contributed by atoms with van der Waals surface area (Å²) < 4.78 is 0. The normalized spacial score (nSPS) is 16.9. The highest BCUT2D eigenvalue weighted by molar-refractivity contribution is 6.74. The molecule has 0 spiro atoms. The topological polar surface area (TPSA) is 0 Å². The minimum absolute atomic E-state index is 0.274. The summed E-state index contributed by atoms with van der Waals surface area (Å²) in [5, 5.41) is 0. The highest BCUT2D eigenvalue weighted by Gasteiger charge is 2.10. The van der Waals surface area contributed by atoms with Crippen LogP contribution < -0.4 is 0 Å². The Bertz CT molecular complexity index is 280. The fourth-order valence-corrected chi connectivity index (χ4v) is 4.18. The van der Waals surface area contributed by atoms with Gasteiger partial charge in [0, 0.05) is 0 Å². The van der Waals surface area contributed by atoms with Gasteiger partial charge in [0.05, 0.1) is 0 Å². The number of hydrogen-bond acceptors (Lipinski definition) is 0. The SMILES string of the molecule is CC(C)(C)C=C[SiH](C=CC(C)(C)C)C=CC(C)(C)C. The van der Waals surface area contributed by atoms with Crippen LogP contribution in [0, 0.1) is 16.2 Å². The first-order valence-electron chi connectivity index (χ1n) is 7.37. The van der Waals surface area contributed by atoms with Crippen molar-refractivity contribution >= 4 is 8.80 Å². The fraction of sp³-hybridized carbons (Fsp3) is 0.667. The first kappa shape index (κ1) is 18.4. The second-order valence-corrected chi connectivity index (χ2v) is 11.1. The highest BCUT2D eigenvalue weighted by Crippen LogP contribution is 2.19. The standard InChI is InChI=1S/C18H34Si/c1-16(2,3)10-13-19(14-11-17(4,5)6)15-12-18(7,8)9/h10-15,19H,1-9H3. The Balaban J connectivity index is 5.01. The van der Waals surface area contributed by atoms with Gasteiger partial charge in [0.1, 0.15) is 8.80 Å². The molecule has 0 aromatic carbocycles. The minimum atomic E-state index is -1.07. The lowest BCUT2D eigenvalue weighted by Crippen LogP contribution is -2.10. The molecule has 0 N–H and O–H groups in total. The maximum Gasteiger partial charge on any atom is 0.108 e. The van der Waals surface area contributed by atoms with Crippen LogP contribution in [0.5, 0.6) is 0 Å². The minimum Gasteiger partial charge on any atom is -0.0933 e. The summed E-state index contributed by atoms with van der Waals surface area (Å²) in [6, 6.07) is 0. The Kier molecular flexibility index (Phi) is 6.54. The molecular weight excluding hydrogens is 244 g/mol. The second-order valence-electron chi connectivity index (χ2n) is 8.75. The van der Waals surface area contributed by atoms with E-state index in [1.807, 2.05) is 0 Å².